The molecule has 1 aromatic carbocycles. The summed E-state index contributed by atoms with van der Waals surface area (Å²) in [5.74, 6) is -0.584. The van der Waals surface area contributed by atoms with Gasteiger partial charge in [-0.2, -0.15) is 13.2 Å². The number of thioether (sulfide) groups is 1. The normalized spacial score (nSPS) is 21.9. The molecule has 1 saturated carbocycles. The van der Waals surface area contributed by atoms with Gasteiger partial charge in [0.15, 0.2) is 0 Å². The van der Waals surface area contributed by atoms with Crippen LogP contribution in [-0.4, -0.2) is 27.9 Å². The van der Waals surface area contributed by atoms with E-state index in [1.54, 1.807) is 6.07 Å². The SMILES string of the molecule is CC1SC(C(=O)O)=C(c2cccc(C(F)(F)F)c2)N1CC1CC1. The molecule has 1 heterocycles. The molecule has 1 N–H and O–H groups in total. The molecule has 0 spiro atoms. The van der Waals surface area contributed by atoms with Gasteiger partial charge in [-0.05, 0) is 43.4 Å². The maximum absolute atomic E-state index is 13.0. The van der Waals surface area contributed by atoms with Crippen LogP contribution in [0.2, 0.25) is 0 Å². The number of hydrogen-bond donors (Lipinski definition) is 1. The molecular formula is C16H16F3NO2S. The molecule has 0 radical (unpaired) electrons. The van der Waals surface area contributed by atoms with Gasteiger partial charge in [-0.15, -0.1) is 0 Å². The van der Waals surface area contributed by atoms with Crippen molar-refractivity contribution in [3.8, 4) is 0 Å². The first-order valence-corrected chi connectivity index (χ1v) is 8.24. The Kier molecular flexibility index (Phi) is 4.08. The molecule has 7 heteroatoms. The average Bonchev–Trinajstić information content (AvgIpc) is 3.22. The van der Waals surface area contributed by atoms with E-state index in [2.05, 4.69) is 0 Å². The highest BCUT2D eigenvalue weighted by Gasteiger charge is 2.38. The van der Waals surface area contributed by atoms with Crippen molar-refractivity contribution in [2.24, 2.45) is 5.92 Å². The van der Waals surface area contributed by atoms with Gasteiger partial charge >= 0.3 is 12.1 Å². The van der Waals surface area contributed by atoms with E-state index in [9.17, 15) is 23.1 Å². The standard InChI is InChI=1S/C16H16F3NO2S/c1-9-20(8-10-5-6-10)13(14(23-9)15(21)22)11-3-2-4-12(7-11)16(17,18)19/h2-4,7,9-10H,5-6,8H2,1H3,(H,21,22). The van der Waals surface area contributed by atoms with Crippen molar-refractivity contribution in [1.29, 1.82) is 0 Å². The smallest absolute Gasteiger partial charge is 0.416 e. The van der Waals surface area contributed by atoms with Gasteiger partial charge in [0.25, 0.3) is 0 Å². The Hall–Kier alpha value is -1.63. The first-order valence-electron chi connectivity index (χ1n) is 7.36. The van der Waals surface area contributed by atoms with E-state index in [1.807, 2.05) is 11.8 Å². The predicted molar refractivity (Wildman–Crippen MR) is 82.5 cm³/mol. The lowest BCUT2D eigenvalue weighted by Crippen LogP contribution is -2.27. The number of carboxylic acid groups (broad SMARTS) is 1. The number of carbonyl (C=O) groups is 1. The number of benzene rings is 1. The highest BCUT2D eigenvalue weighted by atomic mass is 32.2. The molecule has 0 saturated heterocycles. The van der Waals surface area contributed by atoms with Crippen molar-refractivity contribution in [3.63, 3.8) is 0 Å². The summed E-state index contributed by atoms with van der Waals surface area (Å²) in [6.45, 7) is 2.58. The monoisotopic (exact) mass is 343 g/mol. The zero-order chi connectivity index (χ0) is 16.8. The van der Waals surface area contributed by atoms with Crippen LogP contribution in [0.1, 0.15) is 30.9 Å². The van der Waals surface area contributed by atoms with Crippen LogP contribution in [0.15, 0.2) is 29.2 Å². The Balaban J connectivity index is 2.04. The largest absolute Gasteiger partial charge is 0.477 e. The number of carboxylic acids is 1. The molecule has 23 heavy (non-hydrogen) atoms. The van der Waals surface area contributed by atoms with Crippen molar-refractivity contribution in [2.45, 2.75) is 31.3 Å². The summed E-state index contributed by atoms with van der Waals surface area (Å²) in [4.78, 5) is 13.6. The molecule has 1 aliphatic carbocycles. The quantitative estimate of drug-likeness (QED) is 0.887. The number of aliphatic carboxylic acids is 1. The second-order valence-electron chi connectivity index (χ2n) is 5.87. The van der Waals surface area contributed by atoms with E-state index >= 15 is 0 Å². The molecule has 1 unspecified atom stereocenters. The first kappa shape index (κ1) is 16.2. The lowest BCUT2D eigenvalue weighted by atomic mass is 10.1. The van der Waals surface area contributed by atoms with Gasteiger partial charge in [0.1, 0.15) is 4.91 Å². The van der Waals surface area contributed by atoms with Crippen molar-refractivity contribution < 1.29 is 23.1 Å². The molecule has 1 aromatic rings. The fourth-order valence-corrected chi connectivity index (χ4v) is 3.82. The van der Waals surface area contributed by atoms with Crippen LogP contribution in [0.3, 0.4) is 0 Å². The Morgan fingerprint density at radius 2 is 2.09 bits per heavy atom. The van der Waals surface area contributed by atoms with Crippen molar-refractivity contribution in [2.75, 3.05) is 6.54 Å². The molecule has 3 nitrogen and oxygen atoms in total. The molecule has 2 aliphatic rings. The van der Waals surface area contributed by atoms with E-state index in [1.165, 1.54) is 17.8 Å². The summed E-state index contributed by atoms with van der Waals surface area (Å²) in [5.41, 5.74) is -0.0362. The van der Waals surface area contributed by atoms with Crippen LogP contribution in [-0.2, 0) is 11.0 Å². The maximum atomic E-state index is 13.0. The Labute approximate surface area is 136 Å². The fourth-order valence-electron chi connectivity index (χ4n) is 2.71. The third-order valence-corrected chi connectivity index (χ3v) is 5.24. The lowest BCUT2D eigenvalue weighted by molar-refractivity contribution is -0.137. The minimum atomic E-state index is -4.45. The van der Waals surface area contributed by atoms with Crippen LogP contribution in [0.4, 0.5) is 13.2 Å². The van der Waals surface area contributed by atoms with Crippen molar-refractivity contribution >= 4 is 23.4 Å². The number of halogens is 3. The number of hydrogen-bond acceptors (Lipinski definition) is 3. The number of nitrogens with zero attached hydrogens (tertiary/aromatic N) is 1. The molecule has 0 bridgehead atoms. The van der Waals surface area contributed by atoms with Gasteiger partial charge in [-0.25, -0.2) is 4.79 Å². The third kappa shape index (κ3) is 3.34. The van der Waals surface area contributed by atoms with E-state index in [0.29, 0.717) is 23.7 Å². The average molecular weight is 343 g/mol. The molecule has 0 amide bonds. The van der Waals surface area contributed by atoms with Gasteiger partial charge in [-0.1, -0.05) is 23.9 Å². The molecule has 124 valence electrons. The minimum absolute atomic E-state index is 0.0914. The highest BCUT2D eigenvalue weighted by molar-refractivity contribution is 8.05. The summed E-state index contributed by atoms with van der Waals surface area (Å²) in [6.07, 6.45) is -2.27. The molecule has 1 fully saturated rings. The second-order valence-corrected chi connectivity index (χ2v) is 7.20. The zero-order valence-corrected chi connectivity index (χ0v) is 13.2. The minimum Gasteiger partial charge on any atom is -0.477 e. The predicted octanol–water partition coefficient (Wildman–Crippen LogP) is 4.26. The van der Waals surface area contributed by atoms with Crippen molar-refractivity contribution in [3.05, 3.63) is 40.3 Å². The van der Waals surface area contributed by atoms with Crippen LogP contribution in [0, 0.1) is 5.92 Å². The summed E-state index contributed by atoms with van der Waals surface area (Å²) in [5, 5.41) is 9.34. The number of rotatable bonds is 4. The second kappa shape index (κ2) is 5.78. The van der Waals surface area contributed by atoms with Gasteiger partial charge in [0, 0.05) is 6.54 Å². The number of alkyl halides is 3. The fraction of sp³-hybridized carbons (Fsp3) is 0.438. The van der Waals surface area contributed by atoms with Gasteiger partial charge in [0.05, 0.1) is 16.6 Å². The molecule has 1 aliphatic heterocycles. The van der Waals surface area contributed by atoms with Crippen LogP contribution in [0.5, 0.6) is 0 Å². The highest BCUT2D eigenvalue weighted by Crippen LogP contribution is 2.46. The van der Waals surface area contributed by atoms with E-state index in [-0.39, 0.29) is 10.3 Å². The van der Waals surface area contributed by atoms with E-state index in [0.717, 1.165) is 25.0 Å². The van der Waals surface area contributed by atoms with Gasteiger partial charge < -0.3 is 10.0 Å². The van der Waals surface area contributed by atoms with Crippen LogP contribution < -0.4 is 0 Å². The van der Waals surface area contributed by atoms with Crippen molar-refractivity contribution in [1.82, 2.24) is 4.90 Å². The summed E-state index contributed by atoms with van der Waals surface area (Å²) < 4.78 is 38.9. The van der Waals surface area contributed by atoms with Gasteiger partial charge in [0.2, 0.25) is 0 Å². The maximum Gasteiger partial charge on any atom is 0.416 e. The molecular weight excluding hydrogens is 327 g/mol. The Morgan fingerprint density at radius 1 is 1.39 bits per heavy atom. The Morgan fingerprint density at radius 3 is 2.65 bits per heavy atom. The van der Waals surface area contributed by atoms with Gasteiger partial charge in [-0.3, -0.25) is 0 Å². The molecule has 0 aromatic heterocycles. The summed E-state index contributed by atoms with van der Waals surface area (Å²) in [7, 11) is 0. The molecule has 3 rings (SSSR count). The summed E-state index contributed by atoms with van der Waals surface area (Å²) >= 11 is 1.19. The van der Waals surface area contributed by atoms with E-state index < -0.39 is 17.7 Å². The first-order chi connectivity index (χ1) is 10.8. The van der Waals surface area contributed by atoms with Crippen LogP contribution >= 0.6 is 11.8 Å². The third-order valence-electron chi connectivity index (χ3n) is 4.04. The zero-order valence-electron chi connectivity index (χ0n) is 12.4. The van der Waals surface area contributed by atoms with Crippen LogP contribution in [0.25, 0.3) is 5.70 Å². The van der Waals surface area contributed by atoms with E-state index in [4.69, 9.17) is 0 Å². The summed E-state index contributed by atoms with van der Waals surface area (Å²) in [6, 6.07) is 4.91. The lowest BCUT2D eigenvalue weighted by Gasteiger charge is -2.27. The topological polar surface area (TPSA) is 40.5 Å². The Bertz CT molecular complexity index is 668. The molecule has 1 atom stereocenters.